The summed E-state index contributed by atoms with van der Waals surface area (Å²) >= 11 is 3.33. The summed E-state index contributed by atoms with van der Waals surface area (Å²) in [4.78, 5) is 9.30. The van der Waals surface area contributed by atoms with E-state index in [-0.39, 0.29) is 6.10 Å². The highest BCUT2D eigenvalue weighted by atomic mass is 79.9. The lowest BCUT2D eigenvalue weighted by Gasteiger charge is -2.09. The van der Waals surface area contributed by atoms with Crippen LogP contribution in [0.1, 0.15) is 18.1 Å². The van der Waals surface area contributed by atoms with E-state index >= 15 is 0 Å². The lowest BCUT2D eigenvalue weighted by atomic mass is 10.1. The minimum atomic E-state index is -0.0122. The van der Waals surface area contributed by atoms with Crippen molar-refractivity contribution in [3.8, 4) is 11.5 Å². The molecule has 5 heteroatoms. The summed E-state index contributed by atoms with van der Waals surface area (Å²) in [5, 5.41) is 3.88. The van der Waals surface area contributed by atoms with Gasteiger partial charge in [-0.3, -0.25) is 4.98 Å². The molecule has 96 valence electrons. The Hall–Kier alpha value is -1.88. The smallest absolute Gasteiger partial charge is 0.158 e. The van der Waals surface area contributed by atoms with Gasteiger partial charge in [-0.15, -0.1) is 0 Å². The first kappa shape index (κ1) is 12.2. The Morgan fingerprint density at radius 3 is 2.63 bits per heavy atom. The molecule has 0 bridgehead atoms. The van der Waals surface area contributed by atoms with Gasteiger partial charge in [0.1, 0.15) is 16.1 Å². The van der Waals surface area contributed by atoms with Crippen molar-refractivity contribution in [3.05, 3.63) is 54.4 Å². The Morgan fingerprint density at radius 1 is 1.16 bits per heavy atom. The predicted molar refractivity (Wildman–Crippen MR) is 75.6 cm³/mol. The number of benzene rings is 1. The highest BCUT2D eigenvalue weighted by molar-refractivity contribution is 9.18. The van der Waals surface area contributed by atoms with Crippen LogP contribution < -0.4 is 4.74 Å². The van der Waals surface area contributed by atoms with Crippen LogP contribution in [0.3, 0.4) is 0 Å². The molecule has 0 saturated heterocycles. The summed E-state index contributed by atoms with van der Waals surface area (Å²) in [7, 11) is 0. The molecular weight excluding hydrogens is 308 g/mol. The van der Waals surface area contributed by atoms with E-state index in [2.05, 4.69) is 26.1 Å². The maximum atomic E-state index is 5.68. The van der Waals surface area contributed by atoms with E-state index in [1.807, 2.05) is 36.4 Å². The Labute approximate surface area is 119 Å². The number of pyridine rings is 1. The van der Waals surface area contributed by atoms with Gasteiger partial charge in [0, 0.05) is 12.6 Å². The molecule has 0 N–H and O–H groups in total. The number of hydrogen-bond acceptors (Lipinski definition) is 4. The molecule has 1 aromatic heterocycles. The molecule has 0 fully saturated rings. The first-order chi connectivity index (χ1) is 9.31. The molecule has 1 aliphatic heterocycles. The number of halogens is 1. The van der Waals surface area contributed by atoms with Crippen LogP contribution in [0.4, 0.5) is 0 Å². The van der Waals surface area contributed by atoms with Crippen LogP contribution in [0.15, 0.2) is 53.9 Å². The van der Waals surface area contributed by atoms with Crippen molar-refractivity contribution < 1.29 is 9.57 Å². The van der Waals surface area contributed by atoms with Gasteiger partial charge in [0.05, 0.1) is 6.20 Å². The third-order valence-corrected chi connectivity index (χ3v) is 3.22. The van der Waals surface area contributed by atoms with E-state index in [4.69, 9.17) is 9.57 Å². The van der Waals surface area contributed by atoms with Crippen LogP contribution in [0.2, 0.25) is 0 Å². The van der Waals surface area contributed by atoms with Crippen LogP contribution in [-0.2, 0) is 4.84 Å². The number of ether oxygens (including phenoxy) is 1. The zero-order chi connectivity index (χ0) is 13.1. The van der Waals surface area contributed by atoms with E-state index in [0.29, 0.717) is 0 Å². The lowest BCUT2D eigenvalue weighted by Crippen LogP contribution is -1.96. The van der Waals surface area contributed by atoms with E-state index in [9.17, 15) is 0 Å². The molecule has 2 heterocycles. The van der Waals surface area contributed by atoms with Gasteiger partial charge in [0.15, 0.2) is 6.10 Å². The van der Waals surface area contributed by atoms with Crippen molar-refractivity contribution >= 4 is 20.6 Å². The molecule has 0 unspecified atom stereocenters. The Morgan fingerprint density at radius 2 is 2.00 bits per heavy atom. The SMILES string of the molecule is BrC1=NO[C@H](c2ccc(Oc3cccnc3)cc2)C1. The molecule has 0 saturated carbocycles. The molecule has 1 aliphatic rings. The van der Waals surface area contributed by atoms with E-state index < -0.39 is 0 Å². The standard InChI is InChI=1S/C14H11BrN2O2/c15-14-8-13(19-17-14)10-3-5-11(6-4-10)18-12-2-1-7-16-9-12/h1-7,9,13H,8H2/t13-/m0/s1. The monoisotopic (exact) mass is 318 g/mol. The fourth-order valence-electron chi connectivity index (χ4n) is 1.82. The van der Waals surface area contributed by atoms with Gasteiger partial charge in [-0.05, 0) is 45.8 Å². The van der Waals surface area contributed by atoms with E-state index in [1.54, 1.807) is 12.4 Å². The largest absolute Gasteiger partial charge is 0.456 e. The fraction of sp³-hybridized carbons (Fsp3) is 0.143. The van der Waals surface area contributed by atoms with Crippen molar-refractivity contribution in [2.75, 3.05) is 0 Å². The van der Waals surface area contributed by atoms with Gasteiger partial charge < -0.3 is 9.57 Å². The molecule has 3 rings (SSSR count). The van der Waals surface area contributed by atoms with Gasteiger partial charge in [-0.1, -0.05) is 17.3 Å². The third-order valence-electron chi connectivity index (χ3n) is 2.75. The van der Waals surface area contributed by atoms with Crippen molar-refractivity contribution in [1.82, 2.24) is 4.98 Å². The maximum absolute atomic E-state index is 5.68. The number of oxime groups is 1. The first-order valence-electron chi connectivity index (χ1n) is 5.87. The average molecular weight is 319 g/mol. The topological polar surface area (TPSA) is 43.7 Å². The molecular formula is C14H11BrN2O2. The summed E-state index contributed by atoms with van der Waals surface area (Å²) in [5.41, 5.74) is 1.08. The Kier molecular flexibility index (Phi) is 3.46. The number of rotatable bonds is 3. The van der Waals surface area contributed by atoms with Crippen molar-refractivity contribution in [2.45, 2.75) is 12.5 Å². The van der Waals surface area contributed by atoms with Gasteiger partial charge >= 0.3 is 0 Å². The highest BCUT2D eigenvalue weighted by Crippen LogP contribution is 2.30. The molecule has 0 spiro atoms. The third kappa shape index (κ3) is 2.93. The minimum Gasteiger partial charge on any atom is -0.456 e. The summed E-state index contributed by atoms with van der Waals surface area (Å²) in [5.74, 6) is 1.49. The second-order valence-electron chi connectivity index (χ2n) is 4.13. The fourth-order valence-corrected chi connectivity index (χ4v) is 2.20. The highest BCUT2D eigenvalue weighted by Gasteiger charge is 2.20. The van der Waals surface area contributed by atoms with Crippen molar-refractivity contribution in [2.24, 2.45) is 5.16 Å². The quantitative estimate of drug-likeness (QED) is 0.857. The molecule has 4 nitrogen and oxygen atoms in total. The summed E-state index contributed by atoms with van der Waals surface area (Å²) < 4.78 is 6.52. The zero-order valence-electron chi connectivity index (χ0n) is 9.99. The van der Waals surface area contributed by atoms with Crippen LogP contribution in [0.5, 0.6) is 11.5 Å². The van der Waals surface area contributed by atoms with E-state index in [0.717, 1.165) is 28.1 Å². The average Bonchev–Trinajstić information content (AvgIpc) is 2.87. The van der Waals surface area contributed by atoms with Crippen LogP contribution >= 0.6 is 15.9 Å². The molecule has 2 aromatic rings. The molecule has 0 aliphatic carbocycles. The summed E-state index contributed by atoms with van der Waals surface area (Å²) in [6, 6.07) is 11.5. The van der Waals surface area contributed by atoms with Crippen LogP contribution in [0.25, 0.3) is 0 Å². The first-order valence-corrected chi connectivity index (χ1v) is 6.66. The van der Waals surface area contributed by atoms with Crippen LogP contribution in [0, 0.1) is 0 Å². The van der Waals surface area contributed by atoms with Gasteiger partial charge in [-0.25, -0.2) is 0 Å². The van der Waals surface area contributed by atoms with Gasteiger partial charge in [0.2, 0.25) is 0 Å². The number of nitrogens with zero attached hydrogens (tertiary/aromatic N) is 2. The van der Waals surface area contributed by atoms with Crippen molar-refractivity contribution in [3.63, 3.8) is 0 Å². The van der Waals surface area contributed by atoms with Crippen molar-refractivity contribution in [1.29, 1.82) is 0 Å². The zero-order valence-corrected chi connectivity index (χ0v) is 11.6. The lowest BCUT2D eigenvalue weighted by molar-refractivity contribution is 0.0857. The summed E-state index contributed by atoms with van der Waals surface area (Å²) in [6.07, 6.45) is 4.15. The number of hydrogen-bond donors (Lipinski definition) is 0. The van der Waals surface area contributed by atoms with Crippen LogP contribution in [-0.4, -0.2) is 9.60 Å². The number of aromatic nitrogens is 1. The Bertz CT molecular complexity index is 584. The second kappa shape index (κ2) is 5.40. The normalized spacial score (nSPS) is 17.7. The van der Waals surface area contributed by atoms with E-state index in [1.165, 1.54) is 0 Å². The second-order valence-corrected chi connectivity index (χ2v) is 5.04. The maximum Gasteiger partial charge on any atom is 0.158 e. The molecule has 19 heavy (non-hydrogen) atoms. The molecule has 1 atom stereocenters. The van der Waals surface area contributed by atoms with Gasteiger partial charge in [0.25, 0.3) is 0 Å². The molecule has 1 aromatic carbocycles. The minimum absolute atomic E-state index is 0.0122. The molecule has 0 radical (unpaired) electrons. The molecule has 0 amide bonds. The van der Waals surface area contributed by atoms with Gasteiger partial charge in [-0.2, -0.15) is 0 Å². The predicted octanol–water partition coefficient (Wildman–Crippen LogP) is 4.04. The Balaban J connectivity index is 1.69. The summed E-state index contributed by atoms with van der Waals surface area (Å²) in [6.45, 7) is 0.